The molecule has 184 valence electrons. The second-order valence-electron chi connectivity index (χ2n) is 10.3. The number of cyclic esters (lactones) is 1. The van der Waals surface area contributed by atoms with Crippen LogP contribution >= 0.6 is 0 Å². The van der Waals surface area contributed by atoms with Gasteiger partial charge in [0.25, 0.3) is 0 Å². The van der Waals surface area contributed by atoms with Gasteiger partial charge in [-0.3, -0.25) is 9.59 Å². The van der Waals surface area contributed by atoms with Crippen molar-refractivity contribution in [2.75, 3.05) is 0 Å². The van der Waals surface area contributed by atoms with Crippen molar-refractivity contribution in [3.05, 3.63) is 41.7 Å². The maximum Gasteiger partial charge on any atom is 0.309 e. The third-order valence-corrected chi connectivity index (χ3v) is 7.99. The average molecular weight is 469 g/mol. The molecule has 4 rings (SSSR count). The number of aliphatic hydroxyl groups is 2. The molecular weight excluding hydrogens is 432 g/mol. The van der Waals surface area contributed by atoms with E-state index in [0.29, 0.717) is 12.8 Å². The molecule has 1 fully saturated rings. The Bertz CT molecular complexity index is 1110. The molecule has 0 amide bonds. The minimum atomic E-state index is -1.16. The molecule has 1 aliphatic carbocycles. The van der Waals surface area contributed by atoms with Crippen LogP contribution in [0.25, 0.3) is 11.0 Å². The van der Waals surface area contributed by atoms with Crippen molar-refractivity contribution in [1.29, 1.82) is 0 Å². The normalized spacial score (nSPS) is 34.5. The molecule has 1 saturated carbocycles. The van der Waals surface area contributed by atoms with Gasteiger partial charge in [-0.1, -0.05) is 32.1 Å². The number of benzene rings is 1. The fraction of sp³-hybridized carbons (Fsp3) is 0.593. The molecule has 2 N–H and O–H groups in total. The lowest BCUT2D eigenvalue weighted by Crippen LogP contribution is -2.54. The Kier molecular flexibility index (Phi) is 6.97. The molecule has 1 unspecified atom stereocenters. The second kappa shape index (κ2) is 9.62. The highest BCUT2D eigenvalue weighted by molar-refractivity contribution is 5.89. The number of esters is 1. The number of ether oxygens (including phenoxy) is 1. The number of aliphatic hydroxyl groups excluding tert-OH is 2. The SMILES string of the molecule is Cc1nc2cc([C@@H]3C/C=C\CCC[C@@H]4CC(C)(C(=O)[C@H](C)[C@H]4O)[C@@H](O)CC(=O)O3)ccc2n1C. The van der Waals surface area contributed by atoms with Gasteiger partial charge in [-0.05, 0) is 56.2 Å². The molecule has 1 aromatic carbocycles. The lowest BCUT2D eigenvalue weighted by atomic mass is 9.60. The molecule has 2 aromatic rings. The van der Waals surface area contributed by atoms with Gasteiger partial charge < -0.3 is 19.5 Å². The van der Waals surface area contributed by atoms with Crippen LogP contribution in [0.1, 0.15) is 69.9 Å². The third-order valence-electron chi connectivity index (χ3n) is 7.99. The Balaban J connectivity index is 1.61. The van der Waals surface area contributed by atoms with Crippen molar-refractivity contribution in [2.45, 2.75) is 77.6 Å². The Morgan fingerprint density at radius 1 is 1.21 bits per heavy atom. The molecule has 2 bridgehead atoms. The number of hydrogen-bond acceptors (Lipinski definition) is 6. The van der Waals surface area contributed by atoms with Crippen molar-refractivity contribution < 1.29 is 24.5 Å². The predicted molar refractivity (Wildman–Crippen MR) is 129 cm³/mol. The van der Waals surface area contributed by atoms with Crippen LogP contribution in [-0.2, 0) is 21.4 Å². The summed E-state index contributed by atoms with van der Waals surface area (Å²) in [6.45, 7) is 5.39. The van der Waals surface area contributed by atoms with E-state index in [4.69, 9.17) is 4.74 Å². The summed E-state index contributed by atoms with van der Waals surface area (Å²) in [6, 6.07) is 5.89. The third kappa shape index (κ3) is 4.56. The lowest BCUT2D eigenvalue weighted by Gasteiger charge is -2.45. The number of fused-ring (bicyclic) bond motifs is 3. The molecule has 7 heteroatoms. The van der Waals surface area contributed by atoms with Gasteiger partial charge in [0.1, 0.15) is 17.7 Å². The fourth-order valence-electron chi connectivity index (χ4n) is 5.64. The number of carbonyl (C=O) groups is 2. The van der Waals surface area contributed by atoms with Crippen molar-refractivity contribution in [1.82, 2.24) is 9.55 Å². The molecule has 0 spiro atoms. The molecule has 1 aliphatic heterocycles. The molecule has 7 nitrogen and oxygen atoms in total. The first-order chi connectivity index (χ1) is 16.1. The van der Waals surface area contributed by atoms with E-state index in [1.165, 1.54) is 0 Å². The Morgan fingerprint density at radius 2 is 1.97 bits per heavy atom. The highest BCUT2D eigenvalue weighted by atomic mass is 16.5. The number of carbonyl (C=O) groups excluding carboxylic acids is 2. The highest BCUT2D eigenvalue weighted by Gasteiger charge is 2.51. The van der Waals surface area contributed by atoms with E-state index in [1.54, 1.807) is 13.8 Å². The standard InChI is InChI=1S/C27H36N2O5/c1-16-25(32)19-9-7-5-6-8-10-22(18-11-12-21-20(13-18)28-17(2)29(21)4)34-24(31)14-23(30)27(3,15-19)26(16)33/h6,8,11-13,16,19,22-23,25,30,32H,5,7,9-10,14-15H2,1-4H3/b8-6-/t16-,19-,22+,23+,25-,27?/m1/s1. The zero-order chi connectivity index (χ0) is 24.6. The van der Waals surface area contributed by atoms with Crippen LogP contribution in [0, 0.1) is 24.2 Å². The van der Waals surface area contributed by atoms with Gasteiger partial charge in [0, 0.05) is 19.4 Å². The number of Topliss-reactive ketones (excluding diaryl/α,β-unsaturated/α-hetero) is 1. The first-order valence-electron chi connectivity index (χ1n) is 12.3. The van der Waals surface area contributed by atoms with Crippen LogP contribution in [0.15, 0.2) is 30.4 Å². The van der Waals surface area contributed by atoms with Crippen molar-refractivity contribution in [3.63, 3.8) is 0 Å². The van der Waals surface area contributed by atoms with E-state index < -0.39 is 35.6 Å². The number of ketones is 1. The molecule has 1 aromatic heterocycles. The fourth-order valence-corrected chi connectivity index (χ4v) is 5.64. The first-order valence-corrected chi connectivity index (χ1v) is 12.3. The largest absolute Gasteiger partial charge is 0.457 e. The number of imidazole rings is 1. The van der Waals surface area contributed by atoms with Gasteiger partial charge >= 0.3 is 5.97 Å². The molecule has 34 heavy (non-hydrogen) atoms. The summed E-state index contributed by atoms with van der Waals surface area (Å²) in [6.07, 6.45) is 4.85. The molecular formula is C27H36N2O5. The minimum absolute atomic E-state index is 0.0824. The number of nitrogens with zero attached hydrogens (tertiary/aromatic N) is 2. The Hall–Kier alpha value is -2.51. The van der Waals surface area contributed by atoms with Crippen LogP contribution in [0.5, 0.6) is 0 Å². The number of rotatable bonds is 1. The number of allylic oxidation sites excluding steroid dienone is 1. The van der Waals surface area contributed by atoms with Crippen LogP contribution in [0.2, 0.25) is 0 Å². The minimum Gasteiger partial charge on any atom is -0.457 e. The molecule has 6 atom stereocenters. The van der Waals surface area contributed by atoms with Gasteiger partial charge in [-0.2, -0.15) is 0 Å². The Labute approximate surface area is 200 Å². The van der Waals surface area contributed by atoms with Gasteiger partial charge in [0.05, 0.1) is 35.1 Å². The highest BCUT2D eigenvalue weighted by Crippen LogP contribution is 2.44. The topological polar surface area (TPSA) is 102 Å². The summed E-state index contributed by atoms with van der Waals surface area (Å²) >= 11 is 0. The Morgan fingerprint density at radius 3 is 2.74 bits per heavy atom. The average Bonchev–Trinajstić information content (AvgIpc) is 3.09. The quantitative estimate of drug-likeness (QED) is 0.486. The van der Waals surface area contributed by atoms with Crippen LogP contribution in [0.4, 0.5) is 0 Å². The van der Waals surface area contributed by atoms with Gasteiger partial charge in [0.2, 0.25) is 0 Å². The maximum absolute atomic E-state index is 13.1. The predicted octanol–water partition coefficient (Wildman–Crippen LogP) is 3.94. The summed E-state index contributed by atoms with van der Waals surface area (Å²) in [4.78, 5) is 30.6. The van der Waals surface area contributed by atoms with Gasteiger partial charge in [-0.15, -0.1) is 0 Å². The van der Waals surface area contributed by atoms with E-state index in [2.05, 4.69) is 11.1 Å². The van der Waals surface area contributed by atoms with E-state index in [9.17, 15) is 19.8 Å². The zero-order valence-corrected chi connectivity index (χ0v) is 20.5. The van der Waals surface area contributed by atoms with Crippen molar-refractivity contribution in [3.8, 4) is 0 Å². The van der Waals surface area contributed by atoms with E-state index >= 15 is 0 Å². The first kappa shape index (κ1) is 24.6. The van der Waals surface area contributed by atoms with E-state index in [-0.39, 0.29) is 18.1 Å². The summed E-state index contributed by atoms with van der Waals surface area (Å²) < 4.78 is 7.87. The summed E-state index contributed by atoms with van der Waals surface area (Å²) in [5, 5.41) is 21.7. The van der Waals surface area contributed by atoms with Crippen molar-refractivity contribution >= 4 is 22.8 Å². The van der Waals surface area contributed by atoms with Crippen LogP contribution in [-0.4, -0.2) is 43.7 Å². The van der Waals surface area contributed by atoms with Gasteiger partial charge in [-0.25, -0.2) is 4.98 Å². The van der Waals surface area contributed by atoms with E-state index in [0.717, 1.165) is 41.7 Å². The molecule has 0 radical (unpaired) electrons. The van der Waals surface area contributed by atoms with Crippen molar-refractivity contribution in [2.24, 2.45) is 24.3 Å². The lowest BCUT2D eigenvalue weighted by molar-refractivity contribution is -0.162. The smallest absolute Gasteiger partial charge is 0.309 e. The second-order valence-corrected chi connectivity index (χ2v) is 10.3. The zero-order valence-electron chi connectivity index (χ0n) is 20.5. The summed E-state index contributed by atoms with van der Waals surface area (Å²) in [5.41, 5.74) is 1.62. The number of aryl methyl sites for hydroxylation is 2. The van der Waals surface area contributed by atoms with Crippen LogP contribution < -0.4 is 0 Å². The molecule has 2 heterocycles. The monoisotopic (exact) mass is 468 g/mol. The molecule has 2 aliphatic rings. The summed E-state index contributed by atoms with van der Waals surface area (Å²) in [7, 11) is 1.97. The summed E-state index contributed by atoms with van der Waals surface area (Å²) in [5.74, 6) is -0.470. The number of aromatic nitrogens is 2. The number of hydrogen-bond donors (Lipinski definition) is 2. The van der Waals surface area contributed by atoms with Gasteiger partial charge in [0.15, 0.2) is 0 Å². The van der Waals surface area contributed by atoms with Crippen LogP contribution in [0.3, 0.4) is 0 Å². The van der Waals surface area contributed by atoms with E-state index in [1.807, 2.05) is 42.8 Å². The maximum atomic E-state index is 13.1. The molecule has 0 saturated heterocycles.